The lowest BCUT2D eigenvalue weighted by molar-refractivity contribution is 0.00791. The highest BCUT2D eigenvalue weighted by atomic mass is 16.5. The van der Waals surface area contributed by atoms with Gasteiger partial charge >= 0.3 is 5.97 Å². The number of carboxylic acid groups (broad SMARTS) is 1. The van der Waals surface area contributed by atoms with Crippen LogP contribution in [0.2, 0.25) is 0 Å². The number of hydrogen-bond acceptors (Lipinski definition) is 3. The molecular weight excluding hydrogens is 256 g/mol. The Bertz CT molecular complexity index is 530. The van der Waals surface area contributed by atoms with Crippen molar-refractivity contribution in [3.8, 4) is 11.5 Å². The Labute approximate surface area is 118 Å². The summed E-state index contributed by atoms with van der Waals surface area (Å²) < 4.78 is 11.6. The highest BCUT2D eigenvalue weighted by molar-refractivity contribution is 5.91. The van der Waals surface area contributed by atoms with Gasteiger partial charge in [-0.2, -0.15) is 0 Å². The van der Waals surface area contributed by atoms with Crippen molar-refractivity contribution >= 4 is 5.97 Å². The van der Waals surface area contributed by atoms with E-state index in [1.54, 1.807) is 19.2 Å². The van der Waals surface area contributed by atoms with Crippen LogP contribution in [0, 0.1) is 0 Å². The molecule has 20 heavy (non-hydrogen) atoms. The first-order chi connectivity index (χ1) is 9.65. The summed E-state index contributed by atoms with van der Waals surface area (Å²) >= 11 is 0. The Hall–Kier alpha value is -1.71. The van der Waals surface area contributed by atoms with E-state index in [1.807, 2.05) is 0 Å². The fourth-order valence-electron chi connectivity index (χ4n) is 3.50. The summed E-state index contributed by atoms with van der Waals surface area (Å²) in [5, 5.41) is 9.31. The van der Waals surface area contributed by atoms with Crippen LogP contribution in [-0.4, -0.2) is 23.8 Å². The Kier molecular flexibility index (Phi) is 3.32. The van der Waals surface area contributed by atoms with Crippen LogP contribution in [-0.2, 0) is 6.42 Å². The van der Waals surface area contributed by atoms with Gasteiger partial charge in [0.1, 0.15) is 5.60 Å². The summed E-state index contributed by atoms with van der Waals surface area (Å²) in [6.07, 6.45) is 7.44. The molecule has 1 aliphatic carbocycles. The van der Waals surface area contributed by atoms with Gasteiger partial charge in [0.15, 0.2) is 11.5 Å². The van der Waals surface area contributed by atoms with Crippen molar-refractivity contribution in [2.75, 3.05) is 7.11 Å². The molecule has 1 aromatic carbocycles. The SMILES string of the molecule is COc1ccc(C(=O)O)c2c1OC1(CCCCC1)CC2. The molecular formula is C16H20O4. The minimum absolute atomic E-state index is 0.102. The third kappa shape index (κ3) is 2.13. The van der Waals surface area contributed by atoms with Crippen LogP contribution in [0.5, 0.6) is 11.5 Å². The maximum atomic E-state index is 11.3. The normalized spacial score (nSPS) is 20.1. The van der Waals surface area contributed by atoms with E-state index < -0.39 is 5.97 Å². The third-order valence-electron chi connectivity index (χ3n) is 4.59. The van der Waals surface area contributed by atoms with Crippen molar-refractivity contribution in [1.82, 2.24) is 0 Å². The smallest absolute Gasteiger partial charge is 0.336 e. The van der Waals surface area contributed by atoms with Crippen molar-refractivity contribution in [3.63, 3.8) is 0 Å². The van der Waals surface area contributed by atoms with Gasteiger partial charge in [0.05, 0.1) is 12.7 Å². The number of fused-ring (bicyclic) bond motifs is 1. The van der Waals surface area contributed by atoms with E-state index in [-0.39, 0.29) is 5.60 Å². The summed E-state index contributed by atoms with van der Waals surface area (Å²) in [7, 11) is 1.60. The topological polar surface area (TPSA) is 55.8 Å². The van der Waals surface area contributed by atoms with E-state index in [0.717, 1.165) is 31.2 Å². The molecule has 1 heterocycles. The molecule has 2 aliphatic rings. The molecule has 0 saturated heterocycles. The average Bonchev–Trinajstić information content (AvgIpc) is 2.46. The van der Waals surface area contributed by atoms with Crippen LogP contribution in [0.4, 0.5) is 0 Å². The molecule has 0 unspecified atom stereocenters. The zero-order valence-electron chi connectivity index (χ0n) is 11.8. The quantitative estimate of drug-likeness (QED) is 0.899. The lowest BCUT2D eigenvalue weighted by Gasteiger charge is -2.42. The number of ether oxygens (including phenoxy) is 2. The second kappa shape index (κ2) is 5.00. The first-order valence-corrected chi connectivity index (χ1v) is 7.27. The summed E-state index contributed by atoms with van der Waals surface area (Å²) in [6.45, 7) is 0. The highest BCUT2D eigenvalue weighted by Crippen LogP contribution is 2.46. The van der Waals surface area contributed by atoms with Crippen molar-refractivity contribution in [2.24, 2.45) is 0 Å². The molecule has 1 fully saturated rings. The van der Waals surface area contributed by atoms with Crippen LogP contribution >= 0.6 is 0 Å². The molecule has 0 bridgehead atoms. The Morgan fingerprint density at radius 2 is 2.00 bits per heavy atom. The van der Waals surface area contributed by atoms with Crippen LogP contribution in [0.3, 0.4) is 0 Å². The number of rotatable bonds is 2. The fourth-order valence-corrected chi connectivity index (χ4v) is 3.50. The number of benzene rings is 1. The van der Waals surface area contributed by atoms with Gasteiger partial charge in [-0.1, -0.05) is 6.42 Å². The summed E-state index contributed by atoms with van der Waals surface area (Å²) in [5.74, 6) is 0.405. The summed E-state index contributed by atoms with van der Waals surface area (Å²) in [6, 6.07) is 3.31. The van der Waals surface area contributed by atoms with Gasteiger partial charge in [0.25, 0.3) is 0 Å². The fraction of sp³-hybridized carbons (Fsp3) is 0.562. The molecule has 3 rings (SSSR count). The predicted octanol–water partition coefficient (Wildman–Crippen LogP) is 3.42. The first-order valence-electron chi connectivity index (χ1n) is 7.27. The standard InChI is InChI=1S/C16H20O4/c1-19-13-6-5-12(15(17)18)11-7-10-16(20-14(11)13)8-3-2-4-9-16/h5-6H,2-4,7-10H2,1H3,(H,17,18). The van der Waals surface area contributed by atoms with Gasteiger partial charge in [-0.05, 0) is 50.7 Å². The Balaban J connectivity index is 2.02. The van der Waals surface area contributed by atoms with Gasteiger partial charge in [0.2, 0.25) is 0 Å². The first kappa shape index (κ1) is 13.3. The molecule has 0 aromatic heterocycles. The second-order valence-electron chi connectivity index (χ2n) is 5.77. The summed E-state index contributed by atoms with van der Waals surface area (Å²) in [4.78, 5) is 11.3. The molecule has 1 N–H and O–H groups in total. The van der Waals surface area contributed by atoms with Crippen LogP contribution in [0.15, 0.2) is 12.1 Å². The minimum atomic E-state index is -0.896. The molecule has 4 nitrogen and oxygen atoms in total. The van der Waals surface area contributed by atoms with Gasteiger partial charge in [-0.25, -0.2) is 4.79 Å². The molecule has 1 aromatic rings. The molecule has 1 spiro atoms. The van der Waals surface area contributed by atoms with Crippen LogP contribution in [0.25, 0.3) is 0 Å². The number of carbonyl (C=O) groups is 1. The third-order valence-corrected chi connectivity index (χ3v) is 4.59. The average molecular weight is 276 g/mol. The minimum Gasteiger partial charge on any atom is -0.493 e. The Morgan fingerprint density at radius 3 is 2.65 bits per heavy atom. The van der Waals surface area contributed by atoms with Crippen molar-refractivity contribution in [2.45, 2.75) is 50.5 Å². The molecule has 0 atom stereocenters. The van der Waals surface area contributed by atoms with Crippen molar-refractivity contribution in [1.29, 1.82) is 0 Å². The largest absolute Gasteiger partial charge is 0.493 e. The van der Waals surface area contributed by atoms with E-state index in [0.29, 0.717) is 17.1 Å². The Morgan fingerprint density at radius 1 is 1.25 bits per heavy atom. The van der Waals surface area contributed by atoms with E-state index >= 15 is 0 Å². The van der Waals surface area contributed by atoms with E-state index in [2.05, 4.69) is 0 Å². The molecule has 1 aliphatic heterocycles. The van der Waals surface area contributed by atoms with Crippen LogP contribution in [0.1, 0.15) is 54.4 Å². The predicted molar refractivity (Wildman–Crippen MR) is 74.7 cm³/mol. The molecule has 0 radical (unpaired) electrons. The maximum absolute atomic E-state index is 11.3. The van der Waals surface area contributed by atoms with E-state index in [1.165, 1.54) is 19.3 Å². The highest BCUT2D eigenvalue weighted by Gasteiger charge is 2.39. The molecule has 0 amide bonds. The number of carboxylic acids is 1. The lowest BCUT2D eigenvalue weighted by atomic mass is 9.78. The second-order valence-corrected chi connectivity index (χ2v) is 5.77. The molecule has 1 saturated carbocycles. The van der Waals surface area contributed by atoms with Gasteiger partial charge in [-0.3, -0.25) is 0 Å². The zero-order chi connectivity index (χ0) is 14.2. The maximum Gasteiger partial charge on any atom is 0.336 e. The number of aromatic carboxylic acids is 1. The van der Waals surface area contributed by atoms with Gasteiger partial charge < -0.3 is 14.6 Å². The summed E-state index contributed by atoms with van der Waals surface area (Å²) in [5.41, 5.74) is 1.02. The van der Waals surface area contributed by atoms with Gasteiger partial charge in [0, 0.05) is 5.56 Å². The zero-order valence-corrected chi connectivity index (χ0v) is 11.8. The van der Waals surface area contributed by atoms with E-state index in [9.17, 15) is 9.90 Å². The number of hydrogen-bond donors (Lipinski definition) is 1. The monoisotopic (exact) mass is 276 g/mol. The number of methoxy groups -OCH3 is 1. The van der Waals surface area contributed by atoms with Crippen LogP contribution < -0.4 is 9.47 Å². The van der Waals surface area contributed by atoms with Gasteiger partial charge in [-0.15, -0.1) is 0 Å². The van der Waals surface area contributed by atoms with Crippen molar-refractivity contribution < 1.29 is 19.4 Å². The molecule has 108 valence electrons. The molecule has 4 heteroatoms. The van der Waals surface area contributed by atoms with Crippen molar-refractivity contribution in [3.05, 3.63) is 23.3 Å². The van der Waals surface area contributed by atoms with E-state index in [4.69, 9.17) is 9.47 Å². The lowest BCUT2D eigenvalue weighted by Crippen LogP contribution is -2.41.